The maximum Gasteiger partial charge on any atom is 0.240 e. The lowest BCUT2D eigenvalue weighted by Crippen LogP contribution is -2.21. The fourth-order valence-electron chi connectivity index (χ4n) is 3.10. The van der Waals surface area contributed by atoms with Gasteiger partial charge in [0.25, 0.3) is 0 Å². The number of aryl methyl sites for hydroxylation is 1. The summed E-state index contributed by atoms with van der Waals surface area (Å²) in [5.74, 6) is -0.134. The molecule has 0 heterocycles. The van der Waals surface area contributed by atoms with Crippen LogP contribution in [0.1, 0.15) is 35.1 Å². The van der Waals surface area contributed by atoms with Crippen molar-refractivity contribution in [3.8, 4) is 5.75 Å². The molecule has 3 rings (SSSR count). The minimum Gasteiger partial charge on any atom is -0.488 e. The van der Waals surface area contributed by atoms with Gasteiger partial charge in [0.05, 0.1) is 6.21 Å². The Kier molecular flexibility index (Phi) is 9.55. The zero-order valence-corrected chi connectivity index (χ0v) is 21.5. The van der Waals surface area contributed by atoms with Gasteiger partial charge in [0.2, 0.25) is 11.8 Å². The summed E-state index contributed by atoms with van der Waals surface area (Å²) in [7, 11) is 0. The van der Waals surface area contributed by atoms with Gasteiger partial charge in [0.1, 0.15) is 12.4 Å². The van der Waals surface area contributed by atoms with Crippen molar-refractivity contribution in [3.05, 3.63) is 91.9 Å². The van der Waals surface area contributed by atoms with Gasteiger partial charge < -0.3 is 10.1 Å². The zero-order valence-electron chi connectivity index (χ0n) is 19.2. The predicted molar refractivity (Wildman–Crippen MR) is 142 cm³/mol. The van der Waals surface area contributed by atoms with Crippen LogP contribution in [-0.2, 0) is 16.2 Å². The summed E-state index contributed by atoms with van der Waals surface area (Å²) < 4.78 is 5.87. The molecule has 0 spiro atoms. The van der Waals surface area contributed by atoms with Crippen molar-refractivity contribution in [2.45, 2.75) is 33.3 Å². The van der Waals surface area contributed by atoms with Gasteiger partial charge in [0, 0.05) is 44.7 Å². The van der Waals surface area contributed by atoms with Crippen molar-refractivity contribution in [2.24, 2.45) is 5.10 Å². The molecule has 0 aromatic heterocycles. The number of nitrogens with one attached hydrogen (secondary N) is 2. The van der Waals surface area contributed by atoms with Crippen LogP contribution in [0.3, 0.4) is 0 Å². The number of ether oxygens (including phenoxy) is 1. The smallest absolute Gasteiger partial charge is 0.240 e. The number of anilines is 1. The molecular weight excluding hydrogens is 509 g/mol. The summed E-state index contributed by atoms with van der Waals surface area (Å²) in [5, 5.41) is 8.33. The second-order valence-corrected chi connectivity index (χ2v) is 9.08. The molecule has 0 fully saturated rings. The quantitative estimate of drug-likeness (QED) is 0.237. The van der Waals surface area contributed by atoms with Crippen molar-refractivity contribution < 1.29 is 14.3 Å². The summed E-state index contributed by atoms with van der Waals surface area (Å²) in [6.07, 6.45) is 1.45. The molecule has 0 unspecified atom stereocenters. The van der Waals surface area contributed by atoms with Gasteiger partial charge in [-0.1, -0.05) is 53.0 Å². The van der Waals surface area contributed by atoms with E-state index in [2.05, 4.69) is 15.8 Å². The average Bonchev–Trinajstić information content (AvgIpc) is 2.81. The van der Waals surface area contributed by atoms with E-state index in [-0.39, 0.29) is 25.4 Å². The van der Waals surface area contributed by atoms with Crippen molar-refractivity contribution in [3.63, 3.8) is 0 Å². The molecule has 0 atom stereocenters. The molecule has 0 saturated carbocycles. The summed E-state index contributed by atoms with van der Waals surface area (Å²) in [6.45, 7) is 4.12. The van der Waals surface area contributed by atoms with Crippen molar-refractivity contribution in [1.82, 2.24) is 5.43 Å². The van der Waals surface area contributed by atoms with Gasteiger partial charge in [-0.25, -0.2) is 5.43 Å². The highest BCUT2D eigenvalue weighted by molar-refractivity contribution is 6.35. The van der Waals surface area contributed by atoms with E-state index < -0.39 is 5.91 Å². The standard InChI is InChI=1S/C26H24Cl3N3O3/c1-16-4-3-5-23(17(16)2)31-25(33)10-11-26(34)32-30-14-19-12-20(27)8-9-24(19)35-15-18-6-7-21(28)13-22(18)29/h3-9,12-14H,10-11,15H2,1-2H3,(H,31,33)(H,32,34). The molecule has 3 aromatic carbocycles. The number of carbonyl (C=O) groups is 2. The maximum atomic E-state index is 12.2. The zero-order chi connectivity index (χ0) is 25.4. The molecule has 0 aliphatic heterocycles. The van der Waals surface area contributed by atoms with Gasteiger partial charge in [-0.2, -0.15) is 5.10 Å². The van der Waals surface area contributed by atoms with E-state index in [0.29, 0.717) is 26.4 Å². The molecule has 3 aromatic rings. The molecule has 0 aliphatic carbocycles. The molecule has 182 valence electrons. The van der Waals surface area contributed by atoms with Crippen molar-refractivity contribution in [2.75, 3.05) is 5.32 Å². The molecule has 6 nitrogen and oxygen atoms in total. The lowest BCUT2D eigenvalue weighted by molar-refractivity contribution is -0.124. The topological polar surface area (TPSA) is 79.8 Å². The van der Waals surface area contributed by atoms with Crippen LogP contribution in [0.2, 0.25) is 15.1 Å². The van der Waals surface area contributed by atoms with E-state index in [1.807, 2.05) is 32.0 Å². The lowest BCUT2D eigenvalue weighted by atomic mass is 10.1. The van der Waals surface area contributed by atoms with Gasteiger partial charge in [-0.05, 0) is 61.4 Å². The lowest BCUT2D eigenvalue weighted by Gasteiger charge is -2.11. The van der Waals surface area contributed by atoms with Gasteiger partial charge >= 0.3 is 0 Å². The van der Waals surface area contributed by atoms with Crippen LogP contribution in [0.25, 0.3) is 0 Å². The first-order chi connectivity index (χ1) is 16.7. The van der Waals surface area contributed by atoms with Gasteiger partial charge in [-0.3, -0.25) is 9.59 Å². The number of halogens is 3. The van der Waals surface area contributed by atoms with Gasteiger partial charge in [-0.15, -0.1) is 0 Å². The first-order valence-electron chi connectivity index (χ1n) is 10.8. The third-order valence-corrected chi connectivity index (χ3v) is 6.04. The van der Waals surface area contributed by atoms with E-state index in [9.17, 15) is 9.59 Å². The second kappa shape index (κ2) is 12.6. The molecule has 2 amide bonds. The fraction of sp³-hybridized carbons (Fsp3) is 0.192. The third kappa shape index (κ3) is 7.99. The number of rotatable bonds is 9. The third-order valence-electron chi connectivity index (χ3n) is 5.22. The Morgan fingerprint density at radius 1 is 0.943 bits per heavy atom. The second-order valence-electron chi connectivity index (χ2n) is 7.80. The van der Waals surface area contributed by atoms with Crippen LogP contribution in [0.15, 0.2) is 59.7 Å². The summed E-state index contributed by atoms with van der Waals surface area (Å²) in [5.41, 5.74) is 6.56. The SMILES string of the molecule is Cc1cccc(NC(=O)CCC(=O)NN=Cc2cc(Cl)ccc2OCc2ccc(Cl)cc2Cl)c1C. The van der Waals surface area contributed by atoms with E-state index in [1.165, 1.54) is 6.21 Å². The van der Waals surface area contributed by atoms with Crippen LogP contribution in [-0.4, -0.2) is 18.0 Å². The van der Waals surface area contributed by atoms with E-state index >= 15 is 0 Å². The Bertz CT molecular complexity index is 1260. The molecule has 0 radical (unpaired) electrons. The Hall–Kier alpha value is -3.06. The molecule has 0 bridgehead atoms. The number of amides is 2. The summed E-state index contributed by atoms with van der Waals surface area (Å²) in [4.78, 5) is 24.4. The van der Waals surface area contributed by atoms with Crippen LogP contribution in [0.4, 0.5) is 5.69 Å². The largest absolute Gasteiger partial charge is 0.488 e. The van der Waals surface area contributed by atoms with E-state index in [1.54, 1.807) is 36.4 Å². The van der Waals surface area contributed by atoms with Crippen molar-refractivity contribution in [1.29, 1.82) is 0 Å². The number of hydrazone groups is 1. The molecular formula is C26H24Cl3N3O3. The van der Waals surface area contributed by atoms with Gasteiger partial charge in [0.15, 0.2) is 0 Å². The molecule has 0 saturated heterocycles. The van der Waals surface area contributed by atoms with Crippen molar-refractivity contribution >= 4 is 58.5 Å². The normalized spacial score (nSPS) is 10.9. The number of hydrogen-bond acceptors (Lipinski definition) is 4. The number of hydrogen-bond donors (Lipinski definition) is 2. The van der Waals surface area contributed by atoms with Crippen LogP contribution >= 0.6 is 34.8 Å². The number of carbonyl (C=O) groups excluding carboxylic acids is 2. The Morgan fingerprint density at radius 3 is 2.43 bits per heavy atom. The summed E-state index contributed by atoms with van der Waals surface area (Å²) >= 11 is 18.2. The van der Waals surface area contributed by atoms with E-state index in [0.717, 1.165) is 22.4 Å². The van der Waals surface area contributed by atoms with Crippen LogP contribution < -0.4 is 15.5 Å². The average molecular weight is 533 g/mol. The maximum absolute atomic E-state index is 12.2. The Labute approximate surface area is 219 Å². The minimum atomic E-state index is -0.394. The number of nitrogens with zero attached hydrogens (tertiary/aromatic N) is 1. The highest BCUT2D eigenvalue weighted by Crippen LogP contribution is 2.25. The Morgan fingerprint density at radius 2 is 1.66 bits per heavy atom. The van der Waals surface area contributed by atoms with E-state index in [4.69, 9.17) is 39.5 Å². The number of benzene rings is 3. The highest BCUT2D eigenvalue weighted by Gasteiger charge is 2.10. The predicted octanol–water partition coefficient (Wildman–Crippen LogP) is 6.71. The molecule has 9 heteroatoms. The first kappa shape index (κ1) is 26.5. The molecule has 35 heavy (non-hydrogen) atoms. The fourth-order valence-corrected chi connectivity index (χ4v) is 3.75. The highest BCUT2D eigenvalue weighted by atomic mass is 35.5. The first-order valence-corrected chi connectivity index (χ1v) is 11.9. The van der Waals surface area contributed by atoms with Crippen LogP contribution in [0, 0.1) is 13.8 Å². The minimum absolute atomic E-state index is 0.0119. The monoisotopic (exact) mass is 531 g/mol. The van der Waals surface area contributed by atoms with Crippen LogP contribution in [0.5, 0.6) is 5.75 Å². The summed E-state index contributed by atoms with van der Waals surface area (Å²) in [6, 6.07) is 15.9. The Balaban J connectivity index is 1.53. The molecule has 0 aliphatic rings. The molecule has 2 N–H and O–H groups in total.